The van der Waals surface area contributed by atoms with E-state index < -0.39 is 11.7 Å². The van der Waals surface area contributed by atoms with Gasteiger partial charge < -0.3 is 5.73 Å². The maximum absolute atomic E-state index is 12.8. The van der Waals surface area contributed by atoms with E-state index in [2.05, 4.69) is 15.9 Å². The number of hydrogen-bond acceptors (Lipinski definition) is 1. The van der Waals surface area contributed by atoms with E-state index in [1.54, 1.807) is 12.1 Å². The van der Waals surface area contributed by atoms with E-state index in [1.165, 1.54) is 19.1 Å². The molecule has 0 aliphatic carbocycles. The number of rotatable bonds is 2. The van der Waals surface area contributed by atoms with Crippen LogP contribution in [0.15, 0.2) is 28.7 Å². The lowest BCUT2D eigenvalue weighted by Gasteiger charge is -2.31. The summed E-state index contributed by atoms with van der Waals surface area (Å²) in [6.45, 7) is 1.43. The van der Waals surface area contributed by atoms with Crippen LogP contribution in [0.25, 0.3) is 0 Å². The maximum Gasteiger partial charge on any atom is 0.410 e. The molecule has 0 heterocycles. The molecule has 6 heteroatoms. The molecule has 1 nitrogen and oxygen atoms in total. The first-order valence-electron chi connectivity index (χ1n) is 4.43. The lowest BCUT2D eigenvalue weighted by molar-refractivity contribution is -0.190. The summed E-state index contributed by atoms with van der Waals surface area (Å²) in [7, 11) is 0. The van der Waals surface area contributed by atoms with Crippen molar-refractivity contribution in [1.82, 2.24) is 0 Å². The van der Waals surface area contributed by atoms with Crippen molar-refractivity contribution in [2.75, 3.05) is 0 Å². The van der Waals surface area contributed by atoms with Gasteiger partial charge in [0.2, 0.25) is 0 Å². The van der Waals surface area contributed by atoms with Gasteiger partial charge in [-0.15, -0.1) is 12.4 Å². The van der Waals surface area contributed by atoms with Crippen LogP contribution in [0.5, 0.6) is 0 Å². The monoisotopic (exact) mass is 317 g/mol. The van der Waals surface area contributed by atoms with E-state index in [0.29, 0.717) is 0 Å². The highest BCUT2D eigenvalue weighted by Crippen LogP contribution is 2.39. The molecule has 0 aliphatic heterocycles. The molecule has 0 spiro atoms. The Labute approximate surface area is 107 Å². The summed E-state index contributed by atoms with van der Waals surface area (Å²) < 4.78 is 39.0. The molecule has 0 saturated heterocycles. The molecule has 92 valence electrons. The molecule has 1 rings (SSSR count). The minimum absolute atomic E-state index is 0. The van der Waals surface area contributed by atoms with Crippen LogP contribution in [-0.2, 0) is 5.54 Å². The molecule has 1 aromatic carbocycles. The van der Waals surface area contributed by atoms with E-state index in [4.69, 9.17) is 5.73 Å². The molecule has 0 unspecified atom stereocenters. The number of benzene rings is 1. The third-order valence-electron chi connectivity index (χ3n) is 2.42. The van der Waals surface area contributed by atoms with Crippen LogP contribution >= 0.6 is 28.3 Å². The van der Waals surface area contributed by atoms with Gasteiger partial charge in [-0.3, -0.25) is 0 Å². The van der Waals surface area contributed by atoms with Crippen LogP contribution < -0.4 is 5.73 Å². The van der Waals surface area contributed by atoms with E-state index in [0.717, 1.165) is 4.47 Å². The Hall–Kier alpha value is -0.260. The lowest BCUT2D eigenvalue weighted by atomic mass is 9.88. The topological polar surface area (TPSA) is 26.0 Å². The maximum atomic E-state index is 12.8. The highest BCUT2D eigenvalue weighted by atomic mass is 79.9. The van der Waals surface area contributed by atoms with Crippen molar-refractivity contribution in [2.24, 2.45) is 5.73 Å². The molecule has 0 aliphatic rings. The van der Waals surface area contributed by atoms with Gasteiger partial charge in [0.05, 0.1) is 0 Å². The number of hydrogen-bond donors (Lipinski definition) is 1. The Kier molecular flexibility index (Phi) is 5.29. The van der Waals surface area contributed by atoms with Crippen LogP contribution in [0.4, 0.5) is 13.2 Å². The highest BCUT2D eigenvalue weighted by molar-refractivity contribution is 9.10. The van der Waals surface area contributed by atoms with Gasteiger partial charge in [-0.05, 0) is 24.1 Å². The second-order valence-corrected chi connectivity index (χ2v) is 4.25. The summed E-state index contributed by atoms with van der Waals surface area (Å²) >= 11 is 3.16. The Balaban J connectivity index is 0.00000225. The summed E-state index contributed by atoms with van der Waals surface area (Å²) in [4.78, 5) is 0. The van der Waals surface area contributed by atoms with Crippen LogP contribution in [0, 0.1) is 0 Å². The smallest absolute Gasteiger partial charge is 0.314 e. The normalized spacial score (nSPS) is 15.1. The van der Waals surface area contributed by atoms with Gasteiger partial charge in [-0.2, -0.15) is 13.2 Å². The molecule has 1 atom stereocenters. The predicted octanol–water partition coefficient (Wildman–Crippen LogP) is 4.00. The average molecular weight is 319 g/mol. The number of alkyl halides is 3. The molecule has 2 N–H and O–H groups in total. The first kappa shape index (κ1) is 15.7. The van der Waals surface area contributed by atoms with Crippen LogP contribution in [0.3, 0.4) is 0 Å². The number of nitrogens with two attached hydrogens (primary N) is 1. The second-order valence-electron chi connectivity index (χ2n) is 3.33. The van der Waals surface area contributed by atoms with E-state index in [1.807, 2.05) is 0 Å². The third-order valence-corrected chi connectivity index (χ3v) is 2.95. The van der Waals surface area contributed by atoms with Crippen LogP contribution in [0.1, 0.15) is 18.9 Å². The van der Waals surface area contributed by atoms with Crippen molar-refractivity contribution in [2.45, 2.75) is 25.1 Å². The zero-order valence-electron chi connectivity index (χ0n) is 8.51. The Bertz CT molecular complexity index is 339. The van der Waals surface area contributed by atoms with E-state index in [9.17, 15) is 13.2 Å². The largest absolute Gasteiger partial charge is 0.410 e. The molecule has 16 heavy (non-hydrogen) atoms. The second kappa shape index (κ2) is 5.38. The predicted molar refractivity (Wildman–Crippen MR) is 63.6 cm³/mol. The fourth-order valence-corrected chi connectivity index (χ4v) is 1.58. The van der Waals surface area contributed by atoms with Crippen molar-refractivity contribution in [3.05, 3.63) is 34.3 Å². The molecule has 0 bridgehead atoms. The lowest BCUT2D eigenvalue weighted by Crippen LogP contribution is -2.49. The summed E-state index contributed by atoms with van der Waals surface area (Å²) in [6.07, 6.45) is -4.62. The van der Waals surface area contributed by atoms with Gasteiger partial charge in [0.1, 0.15) is 5.54 Å². The zero-order valence-corrected chi connectivity index (χ0v) is 10.9. The van der Waals surface area contributed by atoms with Gasteiger partial charge in [0.25, 0.3) is 0 Å². The van der Waals surface area contributed by atoms with Crippen molar-refractivity contribution in [3.63, 3.8) is 0 Å². The highest BCUT2D eigenvalue weighted by Gasteiger charge is 2.51. The molecule has 0 aromatic heterocycles. The molecule has 1 aromatic rings. The molecule has 0 fully saturated rings. The summed E-state index contributed by atoms with van der Waals surface area (Å²) in [5.41, 5.74) is 3.23. The van der Waals surface area contributed by atoms with Crippen molar-refractivity contribution in [3.8, 4) is 0 Å². The van der Waals surface area contributed by atoms with Gasteiger partial charge in [-0.1, -0.05) is 35.0 Å². The zero-order chi connectivity index (χ0) is 11.7. The summed E-state index contributed by atoms with van der Waals surface area (Å²) in [6, 6.07) is 5.89. The molecule has 0 amide bonds. The van der Waals surface area contributed by atoms with Gasteiger partial charge in [0, 0.05) is 4.47 Å². The molecule has 0 saturated carbocycles. The minimum atomic E-state index is -4.43. The van der Waals surface area contributed by atoms with Crippen molar-refractivity contribution < 1.29 is 13.2 Å². The Morgan fingerprint density at radius 3 is 1.94 bits per heavy atom. The average Bonchev–Trinajstić information content (AvgIpc) is 2.16. The van der Waals surface area contributed by atoms with Gasteiger partial charge in [0.15, 0.2) is 0 Å². The molecule has 0 radical (unpaired) electrons. The van der Waals surface area contributed by atoms with Gasteiger partial charge in [-0.25, -0.2) is 0 Å². The fourth-order valence-electron chi connectivity index (χ4n) is 1.32. The standard InChI is InChI=1S/C10H11BrF3N.ClH/c1-2-9(15,10(12,13)14)7-3-5-8(11)6-4-7;/h3-6H,2,15H2,1H3;1H/t9-;/m1./s1. The number of halogens is 5. The van der Waals surface area contributed by atoms with Gasteiger partial charge >= 0.3 is 6.18 Å². The first-order chi connectivity index (χ1) is 6.81. The quantitative estimate of drug-likeness (QED) is 0.876. The van der Waals surface area contributed by atoms with Crippen LogP contribution in [0.2, 0.25) is 0 Å². The molecular formula is C10H12BrClF3N. The van der Waals surface area contributed by atoms with Crippen molar-refractivity contribution >= 4 is 28.3 Å². The Morgan fingerprint density at radius 1 is 1.19 bits per heavy atom. The van der Waals surface area contributed by atoms with Crippen LogP contribution in [-0.4, -0.2) is 6.18 Å². The summed E-state index contributed by atoms with van der Waals surface area (Å²) in [5, 5.41) is 0. The minimum Gasteiger partial charge on any atom is -0.314 e. The van der Waals surface area contributed by atoms with E-state index >= 15 is 0 Å². The SMILES string of the molecule is CC[C@@](N)(c1ccc(Br)cc1)C(F)(F)F.Cl. The summed E-state index contributed by atoms with van der Waals surface area (Å²) in [5.74, 6) is 0. The first-order valence-corrected chi connectivity index (χ1v) is 5.22. The third kappa shape index (κ3) is 2.90. The van der Waals surface area contributed by atoms with E-state index in [-0.39, 0.29) is 24.4 Å². The molecular weight excluding hydrogens is 306 g/mol. The Morgan fingerprint density at radius 2 is 1.62 bits per heavy atom. The van der Waals surface area contributed by atoms with Crippen molar-refractivity contribution in [1.29, 1.82) is 0 Å². The fraction of sp³-hybridized carbons (Fsp3) is 0.400.